The zero-order valence-electron chi connectivity index (χ0n) is 10.7. The van der Waals surface area contributed by atoms with Crippen molar-refractivity contribution in [2.45, 2.75) is 51.7 Å². The summed E-state index contributed by atoms with van der Waals surface area (Å²) in [6.45, 7) is 4.28. The summed E-state index contributed by atoms with van der Waals surface area (Å²) in [5, 5.41) is 10.6. The average molecular weight is 234 g/mol. The van der Waals surface area contributed by atoms with E-state index in [9.17, 15) is 5.11 Å². The summed E-state index contributed by atoms with van der Waals surface area (Å²) in [4.78, 5) is 4.20. The topological polar surface area (TPSA) is 38.0 Å². The lowest BCUT2D eigenvalue weighted by molar-refractivity contribution is 0.0670. The Balaban J connectivity index is 1.82. The number of rotatable bonds is 3. The molecule has 17 heavy (non-hydrogen) atoms. The third-order valence-corrected chi connectivity index (χ3v) is 4.75. The summed E-state index contributed by atoms with van der Waals surface area (Å²) < 4.78 is 2.11. The van der Waals surface area contributed by atoms with E-state index in [-0.39, 0.29) is 6.10 Å². The molecule has 1 N–H and O–H groups in total. The van der Waals surface area contributed by atoms with Gasteiger partial charge in [-0.3, -0.25) is 0 Å². The van der Waals surface area contributed by atoms with Crippen LogP contribution in [-0.4, -0.2) is 14.7 Å². The van der Waals surface area contributed by atoms with E-state index in [1.165, 1.54) is 25.7 Å². The molecule has 2 saturated carbocycles. The highest BCUT2D eigenvalue weighted by atomic mass is 16.3. The van der Waals surface area contributed by atoms with E-state index in [1.54, 1.807) is 0 Å². The summed E-state index contributed by atoms with van der Waals surface area (Å²) in [6.07, 6.45) is 8.65. The molecule has 2 fully saturated rings. The van der Waals surface area contributed by atoms with Gasteiger partial charge in [-0.15, -0.1) is 0 Å². The van der Waals surface area contributed by atoms with Crippen LogP contribution < -0.4 is 0 Å². The minimum absolute atomic E-state index is 0.310. The third kappa shape index (κ3) is 1.81. The fourth-order valence-corrected chi connectivity index (χ4v) is 3.88. The molecular formula is C14H22N2O. The molecule has 3 rings (SSSR count). The Morgan fingerprint density at radius 2 is 2.18 bits per heavy atom. The predicted molar refractivity (Wildman–Crippen MR) is 66.5 cm³/mol. The molecule has 4 unspecified atom stereocenters. The Kier molecular flexibility index (Phi) is 2.74. The largest absolute Gasteiger partial charge is 0.387 e. The highest BCUT2D eigenvalue weighted by molar-refractivity contribution is 5.08. The van der Waals surface area contributed by atoms with Gasteiger partial charge in [-0.2, -0.15) is 0 Å². The summed E-state index contributed by atoms with van der Waals surface area (Å²) in [5.74, 6) is 2.11. The van der Waals surface area contributed by atoms with E-state index >= 15 is 0 Å². The van der Waals surface area contributed by atoms with Crippen LogP contribution in [0.1, 0.15) is 57.4 Å². The molecule has 2 bridgehead atoms. The molecular weight excluding hydrogens is 212 g/mol. The fraction of sp³-hybridized carbons (Fsp3) is 0.786. The van der Waals surface area contributed by atoms with Crippen LogP contribution in [0, 0.1) is 17.8 Å². The number of hydrogen-bond donors (Lipinski definition) is 1. The molecule has 0 saturated heterocycles. The van der Waals surface area contributed by atoms with Crippen molar-refractivity contribution in [1.82, 2.24) is 9.55 Å². The fourth-order valence-electron chi connectivity index (χ4n) is 3.88. The minimum Gasteiger partial charge on any atom is -0.387 e. The van der Waals surface area contributed by atoms with E-state index in [1.807, 2.05) is 12.5 Å². The number of aromatic nitrogens is 2. The Bertz CT molecular complexity index is 399. The number of aliphatic hydroxyl groups excluding tert-OH is 1. The van der Waals surface area contributed by atoms with Crippen LogP contribution in [0.3, 0.4) is 0 Å². The van der Waals surface area contributed by atoms with Crippen LogP contribution >= 0.6 is 0 Å². The van der Waals surface area contributed by atoms with Gasteiger partial charge in [0, 0.05) is 6.04 Å². The molecule has 94 valence electrons. The maximum atomic E-state index is 10.6. The highest BCUT2D eigenvalue weighted by Crippen LogP contribution is 2.52. The SMILES string of the molecule is CC(C)n1cncc1C(O)C1CC2CCC1C2. The first-order chi connectivity index (χ1) is 8.16. The Morgan fingerprint density at radius 3 is 2.76 bits per heavy atom. The maximum absolute atomic E-state index is 10.6. The van der Waals surface area contributed by atoms with Crippen molar-refractivity contribution < 1.29 is 5.11 Å². The van der Waals surface area contributed by atoms with Gasteiger partial charge in [0.25, 0.3) is 0 Å². The van der Waals surface area contributed by atoms with Crippen molar-refractivity contribution in [2.24, 2.45) is 17.8 Å². The van der Waals surface area contributed by atoms with Crippen molar-refractivity contribution in [3.63, 3.8) is 0 Å². The summed E-state index contributed by atoms with van der Waals surface area (Å²) >= 11 is 0. The van der Waals surface area contributed by atoms with Gasteiger partial charge in [0.2, 0.25) is 0 Å². The summed E-state index contributed by atoms with van der Waals surface area (Å²) in [5.41, 5.74) is 1.01. The molecule has 3 nitrogen and oxygen atoms in total. The van der Waals surface area contributed by atoms with Gasteiger partial charge < -0.3 is 9.67 Å². The zero-order valence-corrected chi connectivity index (χ0v) is 10.7. The number of hydrogen-bond acceptors (Lipinski definition) is 2. The van der Waals surface area contributed by atoms with Crippen LogP contribution in [0.5, 0.6) is 0 Å². The third-order valence-electron chi connectivity index (χ3n) is 4.75. The molecule has 0 spiro atoms. The van der Waals surface area contributed by atoms with Crippen molar-refractivity contribution in [3.8, 4) is 0 Å². The monoisotopic (exact) mass is 234 g/mol. The van der Waals surface area contributed by atoms with Gasteiger partial charge in [0.15, 0.2) is 0 Å². The lowest BCUT2D eigenvalue weighted by Crippen LogP contribution is -2.21. The predicted octanol–water partition coefficient (Wildman–Crippen LogP) is 2.93. The van der Waals surface area contributed by atoms with Crippen LogP contribution in [0.2, 0.25) is 0 Å². The van der Waals surface area contributed by atoms with Crippen LogP contribution in [0.25, 0.3) is 0 Å². The first kappa shape index (κ1) is 11.3. The first-order valence-corrected chi connectivity index (χ1v) is 6.86. The maximum Gasteiger partial charge on any atom is 0.0986 e. The van der Waals surface area contributed by atoms with Gasteiger partial charge in [0.1, 0.15) is 0 Å². The molecule has 3 heteroatoms. The molecule has 2 aliphatic rings. The van der Waals surface area contributed by atoms with E-state index in [0.29, 0.717) is 12.0 Å². The summed E-state index contributed by atoms with van der Waals surface area (Å²) in [6, 6.07) is 0.376. The van der Waals surface area contributed by atoms with Gasteiger partial charge in [-0.1, -0.05) is 6.42 Å². The molecule has 0 aliphatic heterocycles. The lowest BCUT2D eigenvalue weighted by atomic mass is 9.83. The molecule has 2 aliphatic carbocycles. The van der Waals surface area contributed by atoms with E-state index in [2.05, 4.69) is 23.4 Å². The van der Waals surface area contributed by atoms with Crippen molar-refractivity contribution in [3.05, 3.63) is 18.2 Å². The first-order valence-electron chi connectivity index (χ1n) is 6.86. The normalized spacial score (nSPS) is 33.5. The molecule has 1 aromatic rings. The molecule has 0 radical (unpaired) electrons. The molecule has 0 aromatic carbocycles. The highest BCUT2D eigenvalue weighted by Gasteiger charge is 2.43. The van der Waals surface area contributed by atoms with Crippen LogP contribution in [-0.2, 0) is 0 Å². The van der Waals surface area contributed by atoms with Crippen molar-refractivity contribution in [1.29, 1.82) is 0 Å². The van der Waals surface area contributed by atoms with E-state index < -0.39 is 0 Å². The zero-order chi connectivity index (χ0) is 12.0. The molecule has 0 amide bonds. The van der Waals surface area contributed by atoms with Gasteiger partial charge in [-0.25, -0.2) is 4.98 Å². The lowest BCUT2D eigenvalue weighted by Gasteiger charge is -2.28. The number of nitrogens with zero attached hydrogens (tertiary/aromatic N) is 2. The second-order valence-electron chi connectivity index (χ2n) is 6.10. The molecule has 1 heterocycles. The standard InChI is InChI=1S/C14H22N2O/c1-9(2)16-8-15-7-13(16)14(17)12-6-10-3-4-11(12)5-10/h7-12,14,17H,3-6H2,1-2H3. The second-order valence-corrected chi connectivity index (χ2v) is 6.10. The smallest absolute Gasteiger partial charge is 0.0986 e. The van der Waals surface area contributed by atoms with Crippen LogP contribution in [0.15, 0.2) is 12.5 Å². The average Bonchev–Trinajstić information content (AvgIpc) is 3.02. The number of imidazole rings is 1. The minimum atomic E-state index is -0.310. The van der Waals surface area contributed by atoms with Crippen molar-refractivity contribution >= 4 is 0 Å². The van der Waals surface area contributed by atoms with Gasteiger partial charge in [-0.05, 0) is 50.9 Å². The quantitative estimate of drug-likeness (QED) is 0.873. The summed E-state index contributed by atoms with van der Waals surface area (Å²) in [7, 11) is 0. The van der Waals surface area contributed by atoms with E-state index in [0.717, 1.165) is 17.5 Å². The van der Waals surface area contributed by atoms with Crippen LogP contribution in [0.4, 0.5) is 0 Å². The second kappa shape index (κ2) is 4.13. The van der Waals surface area contributed by atoms with E-state index in [4.69, 9.17) is 0 Å². The van der Waals surface area contributed by atoms with Gasteiger partial charge >= 0.3 is 0 Å². The molecule has 1 aromatic heterocycles. The number of fused-ring (bicyclic) bond motifs is 2. The Morgan fingerprint density at radius 1 is 1.35 bits per heavy atom. The van der Waals surface area contributed by atoms with Crippen molar-refractivity contribution in [2.75, 3.05) is 0 Å². The molecule has 4 atom stereocenters. The Labute approximate surface area is 103 Å². The van der Waals surface area contributed by atoms with Gasteiger partial charge in [0.05, 0.1) is 24.3 Å². The Hall–Kier alpha value is -0.830. The number of aliphatic hydroxyl groups is 1.